The molecule has 0 bridgehead atoms. The van der Waals surface area contributed by atoms with E-state index in [4.69, 9.17) is 94.4 Å². The lowest BCUT2D eigenvalue weighted by Crippen LogP contribution is -2.21. The molecule has 0 fully saturated rings. The van der Waals surface area contributed by atoms with Gasteiger partial charge in [0.05, 0.1) is 158 Å². The number of ether oxygens (including phenoxy) is 19. The summed E-state index contributed by atoms with van der Waals surface area (Å²) in [5, 5.41) is 22.4. The number of carbonyl (C=O) groups excluding carboxylic acids is 1. The van der Waals surface area contributed by atoms with Gasteiger partial charge in [0.1, 0.15) is 66.1 Å². The van der Waals surface area contributed by atoms with Crippen LogP contribution in [0.25, 0.3) is 34.2 Å². The van der Waals surface area contributed by atoms with Gasteiger partial charge in [-0.15, -0.1) is 56.7 Å². The molecule has 12 rings (SSSR count). The Labute approximate surface area is 649 Å². The number of fused-ring (bicyclic) bond motifs is 6. The summed E-state index contributed by atoms with van der Waals surface area (Å²) in [7, 11) is 0. The van der Waals surface area contributed by atoms with Crippen molar-refractivity contribution in [2.24, 2.45) is 0 Å². The fourth-order valence-corrected chi connectivity index (χ4v) is 21.6. The number of unbranched alkanes of at least 4 members (excludes halogenated alkanes) is 18. The minimum Gasteiger partial charge on any atom is -0.485 e. The van der Waals surface area contributed by atoms with Gasteiger partial charge in [0.2, 0.25) is 5.76 Å². The molecule has 0 aliphatic carbocycles. The SMILES string of the molecule is CCCCCCCCCCCCOCCOCCOCCOCC(O)Cc1sc(-c2sc(-c3sc(-c4sc(C5=C6OCC[O+]=C6C(c6sc(CC(O)COCCOCCOCCOCCCCCCCCCCCC)c7c6OCCO7)S5)c5c4OCCO5)c4c3OCCO4)c3c2OCCO3)c2c1OCCO2. The predicted octanol–water partition coefficient (Wildman–Crippen LogP) is 15.9. The number of rotatable bonds is 53. The summed E-state index contributed by atoms with van der Waals surface area (Å²) in [4.78, 5) is 9.23. The fraction of sp³-hybridized carbons (Fsp3) is 0.705. The summed E-state index contributed by atoms with van der Waals surface area (Å²) in [5.74, 6) is 7.48. The van der Waals surface area contributed by atoms with Gasteiger partial charge in [-0.05, 0) is 12.8 Å². The molecule has 7 aliphatic rings. The van der Waals surface area contributed by atoms with Crippen LogP contribution in [0, 0.1) is 0 Å². The lowest BCUT2D eigenvalue weighted by molar-refractivity contribution is -0.468. The van der Waals surface area contributed by atoms with Crippen LogP contribution in [0.5, 0.6) is 57.5 Å². The second-order valence-electron chi connectivity index (χ2n) is 26.9. The molecule has 0 aromatic carbocycles. The first-order chi connectivity index (χ1) is 52.5. The average Bonchev–Trinajstić information content (AvgIpc) is 1.57. The van der Waals surface area contributed by atoms with E-state index in [2.05, 4.69) is 13.8 Å². The van der Waals surface area contributed by atoms with Crippen molar-refractivity contribution in [2.75, 3.05) is 185 Å². The van der Waals surface area contributed by atoms with E-state index in [0.29, 0.717) is 240 Å². The molecule has 7 aliphatic heterocycles. The molecule has 2 N–H and O–H groups in total. The molecular weight excluding hydrogens is 1480 g/mol. The minimum atomic E-state index is -0.811. The van der Waals surface area contributed by atoms with Crippen LogP contribution in [0.4, 0.5) is 0 Å². The van der Waals surface area contributed by atoms with Crippen LogP contribution in [0.3, 0.4) is 0 Å². The average molecular weight is 1590 g/mol. The molecule has 3 atom stereocenters. The first-order valence-corrected chi connectivity index (χ1v) is 44.1. The third kappa shape index (κ3) is 22.5. The molecule has 12 heterocycles. The quantitative estimate of drug-likeness (QED) is 0.0272. The maximum atomic E-state index is 11.4. The second kappa shape index (κ2) is 44.6. The normalized spacial score (nSPS) is 16.9. The van der Waals surface area contributed by atoms with Crippen LogP contribution in [-0.2, 0) is 59.9 Å². The third-order valence-electron chi connectivity index (χ3n) is 18.7. The lowest BCUT2D eigenvalue weighted by atomic mass is 10.1. The molecule has 0 amide bonds. The van der Waals surface area contributed by atoms with Crippen LogP contribution in [0.15, 0.2) is 5.76 Å². The van der Waals surface area contributed by atoms with Crippen LogP contribution in [-0.4, -0.2) is 213 Å². The van der Waals surface area contributed by atoms with E-state index in [1.807, 2.05) is 0 Å². The number of hydrogen-bond acceptors (Lipinski definition) is 27. The highest BCUT2D eigenvalue weighted by atomic mass is 32.2. The molecule has 0 saturated carbocycles. The Balaban J connectivity index is 0.641. The topological polar surface area (TPSA) is 227 Å². The Kier molecular flexibility index (Phi) is 34.2. The van der Waals surface area contributed by atoms with E-state index in [1.54, 1.807) is 45.8 Å². The van der Waals surface area contributed by atoms with Gasteiger partial charge in [0.15, 0.2) is 69.4 Å². The van der Waals surface area contributed by atoms with Gasteiger partial charge < -0.3 is 100 Å². The third-order valence-corrected chi connectivity index (χ3v) is 26.7. The number of allylic oxidation sites excluding steroid dienone is 1. The van der Waals surface area contributed by atoms with Crippen LogP contribution in [0.2, 0.25) is 0 Å². The Morgan fingerprint density at radius 1 is 0.321 bits per heavy atom. The minimum absolute atomic E-state index is 0.119. The monoisotopic (exact) mass is 1590 g/mol. The highest BCUT2D eigenvalue weighted by Gasteiger charge is 2.51. The lowest BCUT2D eigenvalue weighted by Gasteiger charge is -2.19. The van der Waals surface area contributed by atoms with Crippen molar-refractivity contribution >= 4 is 79.1 Å². The molecule has 5 aromatic rings. The van der Waals surface area contributed by atoms with Gasteiger partial charge in [-0.1, -0.05) is 141 Å². The standard InChI is InChI=1S/C78H111O22S6/c1-3-5-7-9-11-13-15-17-19-21-23-81-25-27-83-29-31-85-33-35-87-51-53(79)49-55-57-59(91-39-37-89-57)69(101-55)71-61-63(95-43-41-93-61)73(103-71)75-65-67(99-47-45-97-65)77(105-75)78-68-66(98-46-48-100-68)76(106-78)74-64-62(94-42-44-96-64)72(104-74)70-60-58(90-38-40-92-60)56(102-70)50-54(80)52-88-36-34-86-32-30-84-28-26-82-24-22-20-18-16-14-12-10-8-6-4-2/h53-54,71,79-80H,3-52H2,1-2H3/q+1. The maximum absolute atomic E-state index is 11.4. The number of thiophene rings is 5. The van der Waals surface area contributed by atoms with Gasteiger partial charge in [-0.2, -0.15) is 0 Å². The predicted molar refractivity (Wildman–Crippen MR) is 416 cm³/mol. The Bertz CT molecular complexity index is 3500. The number of aliphatic hydroxyl groups excluding tert-OH is 2. The summed E-state index contributed by atoms with van der Waals surface area (Å²) < 4.78 is 124. The molecule has 590 valence electrons. The molecular formula is C78H111O22S6+. The van der Waals surface area contributed by atoms with Crippen LogP contribution < -0.4 is 47.4 Å². The van der Waals surface area contributed by atoms with Crippen molar-refractivity contribution in [3.8, 4) is 86.8 Å². The van der Waals surface area contributed by atoms with E-state index < -0.39 is 12.2 Å². The van der Waals surface area contributed by atoms with Gasteiger partial charge in [-0.25, -0.2) is 4.42 Å². The summed E-state index contributed by atoms with van der Waals surface area (Å²) in [6, 6.07) is 0. The summed E-state index contributed by atoms with van der Waals surface area (Å²) >= 11 is 9.29. The molecule has 5 aromatic heterocycles. The molecule has 3 unspecified atom stereocenters. The van der Waals surface area contributed by atoms with Gasteiger partial charge in [0, 0.05) is 26.1 Å². The molecule has 28 heteroatoms. The highest BCUT2D eigenvalue weighted by molar-refractivity contribution is 8.10. The second-order valence-corrected chi connectivity index (χ2v) is 33.3. The van der Waals surface area contributed by atoms with Crippen molar-refractivity contribution in [3.05, 3.63) is 25.3 Å². The van der Waals surface area contributed by atoms with E-state index in [1.165, 1.54) is 138 Å². The summed E-state index contributed by atoms with van der Waals surface area (Å²) in [6.45, 7) is 16.3. The molecule has 0 saturated heterocycles. The van der Waals surface area contributed by atoms with E-state index >= 15 is 0 Å². The molecule has 106 heavy (non-hydrogen) atoms. The van der Waals surface area contributed by atoms with Crippen molar-refractivity contribution in [1.82, 2.24) is 0 Å². The van der Waals surface area contributed by atoms with Crippen molar-refractivity contribution < 1.29 is 105 Å². The van der Waals surface area contributed by atoms with Crippen molar-refractivity contribution in [2.45, 2.75) is 173 Å². The van der Waals surface area contributed by atoms with Gasteiger partial charge in [0.25, 0.3) is 6.61 Å². The first-order valence-electron chi connectivity index (χ1n) is 39.1. The zero-order valence-electron chi connectivity index (χ0n) is 62.1. The molecule has 0 radical (unpaired) electrons. The molecule has 22 nitrogen and oxygen atoms in total. The summed E-state index contributed by atoms with van der Waals surface area (Å²) in [5.41, 5.74) is 0. The highest BCUT2D eigenvalue weighted by Crippen LogP contribution is 2.68. The zero-order valence-corrected chi connectivity index (χ0v) is 67.0. The Morgan fingerprint density at radius 2 is 0.623 bits per heavy atom. The zero-order chi connectivity index (χ0) is 72.8. The van der Waals surface area contributed by atoms with Gasteiger partial charge >= 0.3 is 5.78 Å². The van der Waals surface area contributed by atoms with Crippen LogP contribution in [0.1, 0.15) is 167 Å². The van der Waals surface area contributed by atoms with Gasteiger partial charge in [-0.3, -0.25) is 0 Å². The fourth-order valence-electron chi connectivity index (χ4n) is 13.4. The number of hydrogen-bond donors (Lipinski definition) is 2. The van der Waals surface area contributed by atoms with E-state index in [9.17, 15) is 10.2 Å². The van der Waals surface area contributed by atoms with Crippen molar-refractivity contribution in [3.63, 3.8) is 0 Å². The largest absolute Gasteiger partial charge is 0.485 e. The maximum Gasteiger partial charge on any atom is 0.380 e. The van der Waals surface area contributed by atoms with E-state index in [-0.39, 0.29) is 18.5 Å². The number of ketones is 1. The van der Waals surface area contributed by atoms with E-state index in [0.717, 1.165) is 79.7 Å². The Morgan fingerprint density at radius 3 is 1.03 bits per heavy atom. The first kappa shape index (κ1) is 81.2. The molecule has 0 spiro atoms. The number of aliphatic hydroxyl groups is 2. The van der Waals surface area contributed by atoms with Crippen molar-refractivity contribution in [1.29, 1.82) is 0 Å². The van der Waals surface area contributed by atoms with Crippen LogP contribution >= 0.6 is 68.4 Å². The number of thioether (sulfide) groups is 1. The Hall–Kier alpha value is -4.34. The smallest absolute Gasteiger partial charge is 0.380 e. The summed E-state index contributed by atoms with van der Waals surface area (Å²) in [6.07, 6.45) is 25.2.